The van der Waals surface area contributed by atoms with E-state index in [1.165, 1.54) is 24.3 Å². The Morgan fingerprint density at radius 1 is 0.833 bits per heavy atom. The molecule has 30 heavy (non-hydrogen) atoms. The molecule has 0 aliphatic carbocycles. The Balaban J connectivity index is 1.53. The molecule has 4 rings (SSSR count). The van der Waals surface area contributed by atoms with Crippen molar-refractivity contribution in [2.45, 2.75) is 6.92 Å². The molecule has 2 N–H and O–H groups in total. The number of nitrogens with zero attached hydrogens (tertiary/aromatic N) is 2. The molecule has 0 atom stereocenters. The number of amides is 2. The smallest absolute Gasteiger partial charge is 0.323 e. The Labute approximate surface area is 170 Å². The van der Waals surface area contributed by atoms with Gasteiger partial charge in [-0.3, -0.25) is 0 Å². The summed E-state index contributed by atoms with van der Waals surface area (Å²) in [5, 5.41) is 12.9. The van der Waals surface area contributed by atoms with Gasteiger partial charge in [0, 0.05) is 16.9 Å². The lowest BCUT2D eigenvalue weighted by Crippen LogP contribution is -2.19. The fraction of sp³-hybridized carbons (Fsp3) is 0.0455. The highest BCUT2D eigenvalue weighted by molar-refractivity contribution is 6.00. The number of anilines is 2. The summed E-state index contributed by atoms with van der Waals surface area (Å²) in [4.78, 5) is 12.2. The Bertz CT molecular complexity index is 1210. The van der Waals surface area contributed by atoms with E-state index in [2.05, 4.69) is 20.8 Å². The maximum atomic E-state index is 14.3. The lowest BCUT2D eigenvalue weighted by Gasteiger charge is -2.09. The first kappa shape index (κ1) is 19.3. The summed E-state index contributed by atoms with van der Waals surface area (Å²) in [5.74, 6) is -0.772. The lowest BCUT2D eigenvalue weighted by molar-refractivity contribution is 0.262. The average Bonchev–Trinajstić information content (AvgIpc) is 3.23. The first-order chi connectivity index (χ1) is 14.5. The van der Waals surface area contributed by atoms with Crippen molar-refractivity contribution in [1.82, 2.24) is 10.2 Å². The van der Waals surface area contributed by atoms with Crippen LogP contribution in [0.5, 0.6) is 0 Å². The molecule has 0 saturated carbocycles. The van der Waals surface area contributed by atoms with Gasteiger partial charge in [-0.1, -0.05) is 24.3 Å². The molecule has 0 fully saturated rings. The van der Waals surface area contributed by atoms with E-state index >= 15 is 0 Å². The van der Waals surface area contributed by atoms with Crippen molar-refractivity contribution < 1.29 is 18.0 Å². The topological polar surface area (TPSA) is 80.0 Å². The summed E-state index contributed by atoms with van der Waals surface area (Å²) < 4.78 is 33.5. The van der Waals surface area contributed by atoms with E-state index < -0.39 is 17.7 Å². The van der Waals surface area contributed by atoms with Crippen LogP contribution < -0.4 is 10.6 Å². The fourth-order valence-electron chi connectivity index (χ4n) is 2.76. The molecule has 0 spiro atoms. The molecule has 3 aromatic carbocycles. The Kier molecular flexibility index (Phi) is 5.21. The van der Waals surface area contributed by atoms with Gasteiger partial charge in [0.15, 0.2) is 0 Å². The molecule has 4 aromatic rings. The van der Waals surface area contributed by atoms with Crippen LogP contribution in [0.25, 0.3) is 22.9 Å². The molecule has 2 amide bonds. The number of benzene rings is 3. The molecule has 0 aliphatic rings. The van der Waals surface area contributed by atoms with Gasteiger partial charge in [0.2, 0.25) is 5.89 Å². The predicted molar refractivity (Wildman–Crippen MR) is 109 cm³/mol. The first-order valence-corrected chi connectivity index (χ1v) is 9.02. The number of aryl methyl sites for hydroxylation is 1. The molecule has 0 saturated heterocycles. The summed E-state index contributed by atoms with van der Waals surface area (Å²) in [6, 6.07) is 16.8. The minimum absolute atomic E-state index is 0.0176. The molecule has 6 nitrogen and oxygen atoms in total. The van der Waals surface area contributed by atoms with Crippen LogP contribution >= 0.6 is 0 Å². The molecule has 8 heteroatoms. The van der Waals surface area contributed by atoms with Gasteiger partial charge in [-0.15, -0.1) is 10.2 Å². The van der Waals surface area contributed by atoms with Crippen LogP contribution in [0.2, 0.25) is 0 Å². The molecule has 1 heterocycles. The zero-order valence-corrected chi connectivity index (χ0v) is 15.8. The molecule has 0 aliphatic heterocycles. The van der Waals surface area contributed by atoms with Crippen molar-refractivity contribution in [3.63, 3.8) is 0 Å². The van der Waals surface area contributed by atoms with Gasteiger partial charge in [0.1, 0.15) is 11.6 Å². The van der Waals surface area contributed by atoms with Crippen molar-refractivity contribution in [3.05, 3.63) is 83.9 Å². The van der Waals surface area contributed by atoms with Crippen molar-refractivity contribution in [2.75, 3.05) is 10.6 Å². The largest absolute Gasteiger partial charge is 0.416 e. The third-order valence-electron chi connectivity index (χ3n) is 4.33. The SMILES string of the molecule is Cc1ccc(NC(=O)Nc2ccc(F)c(-c3nnc(-c4ccccc4)o3)c2)cc1F. The van der Waals surface area contributed by atoms with Crippen molar-refractivity contribution >= 4 is 17.4 Å². The zero-order chi connectivity index (χ0) is 21.1. The third kappa shape index (κ3) is 4.17. The quantitative estimate of drug-likeness (QED) is 0.460. The summed E-state index contributed by atoms with van der Waals surface area (Å²) in [6.07, 6.45) is 0. The summed E-state index contributed by atoms with van der Waals surface area (Å²) in [7, 11) is 0. The molecule has 1 aromatic heterocycles. The summed E-state index contributed by atoms with van der Waals surface area (Å²) >= 11 is 0. The van der Waals surface area contributed by atoms with Gasteiger partial charge in [-0.25, -0.2) is 13.6 Å². The van der Waals surface area contributed by atoms with Gasteiger partial charge < -0.3 is 15.1 Å². The fourth-order valence-corrected chi connectivity index (χ4v) is 2.76. The highest BCUT2D eigenvalue weighted by atomic mass is 19.1. The Morgan fingerprint density at radius 2 is 1.50 bits per heavy atom. The van der Waals surface area contributed by atoms with E-state index in [1.54, 1.807) is 31.2 Å². The van der Waals surface area contributed by atoms with E-state index in [9.17, 15) is 13.6 Å². The minimum Gasteiger partial charge on any atom is -0.416 e. The third-order valence-corrected chi connectivity index (χ3v) is 4.33. The predicted octanol–water partition coefficient (Wildman–Crippen LogP) is 5.63. The number of carbonyl (C=O) groups excluding carboxylic acids is 1. The van der Waals surface area contributed by atoms with Gasteiger partial charge in [-0.05, 0) is 55.0 Å². The van der Waals surface area contributed by atoms with Crippen LogP contribution in [0.4, 0.5) is 25.0 Å². The monoisotopic (exact) mass is 406 g/mol. The number of aromatic nitrogens is 2. The van der Waals surface area contributed by atoms with Crippen LogP contribution in [0.15, 0.2) is 71.1 Å². The Hall–Kier alpha value is -4.07. The van der Waals surface area contributed by atoms with Crippen LogP contribution in [0.1, 0.15) is 5.56 Å². The number of halogens is 2. The van der Waals surface area contributed by atoms with E-state index in [-0.39, 0.29) is 17.3 Å². The van der Waals surface area contributed by atoms with Crippen LogP contribution in [-0.4, -0.2) is 16.2 Å². The molecule has 0 unspecified atom stereocenters. The molecule has 150 valence electrons. The highest BCUT2D eigenvalue weighted by Gasteiger charge is 2.16. The summed E-state index contributed by atoms with van der Waals surface area (Å²) in [6.45, 7) is 1.62. The number of nitrogens with one attached hydrogen (secondary N) is 2. The molecule has 0 bridgehead atoms. The number of urea groups is 1. The number of rotatable bonds is 4. The van der Waals surface area contributed by atoms with Crippen molar-refractivity contribution in [1.29, 1.82) is 0 Å². The maximum absolute atomic E-state index is 14.3. The first-order valence-electron chi connectivity index (χ1n) is 9.02. The van der Waals surface area contributed by atoms with Gasteiger partial charge in [0.05, 0.1) is 5.56 Å². The van der Waals surface area contributed by atoms with E-state index in [4.69, 9.17) is 4.42 Å². The second kappa shape index (κ2) is 8.12. The highest BCUT2D eigenvalue weighted by Crippen LogP contribution is 2.28. The summed E-state index contributed by atoms with van der Waals surface area (Å²) in [5.41, 5.74) is 1.82. The van der Waals surface area contributed by atoms with E-state index in [0.29, 0.717) is 22.5 Å². The Morgan fingerprint density at radius 3 is 2.23 bits per heavy atom. The standard InChI is InChI=1S/C22H16F2N4O2/c1-13-7-8-16(12-19(13)24)26-22(29)25-15-9-10-18(23)17(11-15)21-28-27-20(30-21)14-5-3-2-4-6-14/h2-12H,1H3,(H2,25,26,29). The zero-order valence-electron chi connectivity index (χ0n) is 15.8. The van der Waals surface area contributed by atoms with Crippen LogP contribution in [0.3, 0.4) is 0 Å². The molecular formula is C22H16F2N4O2. The minimum atomic E-state index is -0.605. The van der Waals surface area contributed by atoms with Gasteiger partial charge in [0.25, 0.3) is 5.89 Å². The number of hydrogen-bond donors (Lipinski definition) is 2. The van der Waals surface area contributed by atoms with E-state index in [1.807, 2.05) is 18.2 Å². The number of carbonyl (C=O) groups is 1. The van der Waals surface area contributed by atoms with Crippen molar-refractivity contribution in [2.24, 2.45) is 0 Å². The van der Waals surface area contributed by atoms with Crippen molar-refractivity contribution in [3.8, 4) is 22.9 Å². The average molecular weight is 406 g/mol. The van der Waals surface area contributed by atoms with E-state index in [0.717, 1.165) is 0 Å². The second-order valence-electron chi connectivity index (χ2n) is 6.52. The molecule has 0 radical (unpaired) electrons. The van der Waals surface area contributed by atoms with Crippen LogP contribution in [0, 0.1) is 18.6 Å². The van der Waals surface area contributed by atoms with Gasteiger partial charge in [-0.2, -0.15) is 0 Å². The molecular weight excluding hydrogens is 390 g/mol. The normalized spacial score (nSPS) is 10.6. The second-order valence-corrected chi connectivity index (χ2v) is 6.52. The lowest BCUT2D eigenvalue weighted by atomic mass is 10.2. The van der Waals surface area contributed by atoms with Crippen LogP contribution in [-0.2, 0) is 0 Å². The maximum Gasteiger partial charge on any atom is 0.323 e. The van der Waals surface area contributed by atoms with Gasteiger partial charge >= 0.3 is 6.03 Å². The number of hydrogen-bond acceptors (Lipinski definition) is 4.